The Morgan fingerprint density at radius 3 is 2.89 bits per heavy atom. The summed E-state index contributed by atoms with van der Waals surface area (Å²) in [7, 11) is 2.15. The van der Waals surface area contributed by atoms with Crippen LogP contribution in [0.1, 0.15) is 13.8 Å². The molecule has 0 saturated carbocycles. The Kier molecular flexibility index (Phi) is 3.91. The molecule has 1 aliphatic rings. The molecular formula is C13H22N4O. The first kappa shape index (κ1) is 13.0. The van der Waals surface area contributed by atoms with Crippen LogP contribution < -0.4 is 15.4 Å². The standard InChI is InChI=1S/C13H22N4O/c1-4-18-13-11(14)5-6-12(15-13)17-8-7-16(3)9-10(17)2/h5-6,10H,4,7-9,14H2,1-3H3. The number of aromatic nitrogens is 1. The smallest absolute Gasteiger partial charge is 0.239 e. The van der Waals surface area contributed by atoms with E-state index in [4.69, 9.17) is 10.5 Å². The van der Waals surface area contributed by atoms with E-state index in [1.165, 1.54) is 0 Å². The van der Waals surface area contributed by atoms with E-state index < -0.39 is 0 Å². The van der Waals surface area contributed by atoms with Crippen molar-refractivity contribution in [3.63, 3.8) is 0 Å². The van der Waals surface area contributed by atoms with Crippen LogP contribution in [0.15, 0.2) is 12.1 Å². The number of nitrogen functional groups attached to an aromatic ring is 1. The van der Waals surface area contributed by atoms with Gasteiger partial charge in [0.15, 0.2) is 0 Å². The molecular weight excluding hydrogens is 228 g/mol. The Bertz CT molecular complexity index is 410. The topological polar surface area (TPSA) is 54.6 Å². The molecule has 1 unspecified atom stereocenters. The zero-order chi connectivity index (χ0) is 13.1. The van der Waals surface area contributed by atoms with Crippen LogP contribution in [-0.4, -0.2) is 49.2 Å². The van der Waals surface area contributed by atoms with Crippen molar-refractivity contribution in [3.05, 3.63) is 12.1 Å². The first-order valence-corrected chi connectivity index (χ1v) is 6.46. The number of hydrogen-bond donors (Lipinski definition) is 1. The van der Waals surface area contributed by atoms with Gasteiger partial charge in [0.25, 0.3) is 0 Å². The van der Waals surface area contributed by atoms with Crippen LogP contribution in [0, 0.1) is 0 Å². The van der Waals surface area contributed by atoms with Gasteiger partial charge in [0.1, 0.15) is 5.82 Å². The first-order chi connectivity index (χ1) is 8.61. The van der Waals surface area contributed by atoms with E-state index in [2.05, 4.69) is 28.8 Å². The summed E-state index contributed by atoms with van der Waals surface area (Å²) in [5.41, 5.74) is 6.45. The number of nitrogens with two attached hydrogens (primary N) is 1. The molecule has 0 amide bonds. The van der Waals surface area contributed by atoms with Crippen molar-refractivity contribution in [2.24, 2.45) is 0 Å². The van der Waals surface area contributed by atoms with Gasteiger partial charge in [-0.25, -0.2) is 0 Å². The second kappa shape index (κ2) is 5.44. The van der Waals surface area contributed by atoms with Gasteiger partial charge in [-0.05, 0) is 33.0 Å². The van der Waals surface area contributed by atoms with Gasteiger partial charge in [0, 0.05) is 25.7 Å². The lowest BCUT2D eigenvalue weighted by Crippen LogP contribution is -2.50. The molecule has 2 rings (SSSR count). The largest absolute Gasteiger partial charge is 0.476 e. The maximum Gasteiger partial charge on any atom is 0.239 e. The number of nitrogens with zero attached hydrogens (tertiary/aromatic N) is 3. The molecule has 1 aliphatic heterocycles. The van der Waals surface area contributed by atoms with Gasteiger partial charge in [0.2, 0.25) is 5.88 Å². The van der Waals surface area contributed by atoms with E-state index in [-0.39, 0.29) is 0 Å². The lowest BCUT2D eigenvalue weighted by Gasteiger charge is -2.39. The summed E-state index contributed by atoms with van der Waals surface area (Å²) in [6.07, 6.45) is 0. The molecule has 5 nitrogen and oxygen atoms in total. The third-order valence-corrected chi connectivity index (χ3v) is 3.28. The molecule has 1 atom stereocenters. The molecule has 5 heteroatoms. The third kappa shape index (κ3) is 2.67. The van der Waals surface area contributed by atoms with Gasteiger partial charge in [-0.3, -0.25) is 0 Å². The van der Waals surface area contributed by atoms with E-state index in [1.54, 1.807) is 0 Å². The second-order valence-electron chi connectivity index (χ2n) is 4.80. The van der Waals surface area contributed by atoms with Crippen molar-refractivity contribution >= 4 is 11.5 Å². The summed E-state index contributed by atoms with van der Waals surface area (Å²) in [5, 5.41) is 0. The quantitative estimate of drug-likeness (QED) is 0.873. The molecule has 18 heavy (non-hydrogen) atoms. The van der Waals surface area contributed by atoms with Crippen molar-refractivity contribution < 1.29 is 4.74 Å². The number of rotatable bonds is 3. The summed E-state index contributed by atoms with van der Waals surface area (Å²) in [6, 6.07) is 4.30. The highest BCUT2D eigenvalue weighted by Gasteiger charge is 2.23. The van der Waals surface area contributed by atoms with Crippen LogP contribution in [0.2, 0.25) is 0 Å². The average Bonchev–Trinajstić information content (AvgIpc) is 2.33. The SMILES string of the molecule is CCOc1nc(N2CCN(C)CC2C)ccc1N. The highest BCUT2D eigenvalue weighted by molar-refractivity contribution is 5.55. The van der Waals surface area contributed by atoms with Crippen molar-refractivity contribution in [2.75, 3.05) is 43.9 Å². The fourth-order valence-electron chi connectivity index (χ4n) is 2.33. The number of anilines is 2. The molecule has 0 aliphatic carbocycles. The van der Waals surface area contributed by atoms with Crippen LogP contribution in [0.4, 0.5) is 11.5 Å². The number of ether oxygens (including phenoxy) is 1. The molecule has 1 aromatic rings. The summed E-state index contributed by atoms with van der Waals surface area (Å²) >= 11 is 0. The molecule has 2 heterocycles. The normalized spacial score (nSPS) is 21.1. The molecule has 1 aromatic heterocycles. The van der Waals surface area contributed by atoms with Gasteiger partial charge in [0.05, 0.1) is 12.3 Å². The van der Waals surface area contributed by atoms with Gasteiger partial charge < -0.3 is 20.3 Å². The molecule has 0 spiro atoms. The number of hydrogen-bond acceptors (Lipinski definition) is 5. The molecule has 0 aromatic carbocycles. The third-order valence-electron chi connectivity index (χ3n) is 3.28. The highest BCUT2D eigenvalue weighted by Crippen LogP contribution is 2.25. The first-order valence-electron chi connectivity index (χ1n) is 6.46. The van der Waals surface area contributed by atoms with Crippen molar-refractivity contribution in [2.45, 2.75) is 19.9 Å². The highest BCUT2D eigenvalue weighted by atomic mass is 16.5. The Morgan fingerprint density at radius 1 is 1.44 bits per heavy atom. The van der Waals surface area contributed by atoms with Gasteiger partial charge in [-0.2, -0.15) is 4.98 Å². The minimum Gasteiger partial charge on any atom is -0.476 e. The lowest BCUT2D eigenvalue weighted by atomic mass is 10.2. The molecule has 0 bridgehead atoms. The second-order valence-corrected chi connectivity index (χ2v) is 4.80. The molecule has 2 N–H and O–H groups in total. The Balaban J connectivity index is 2.20. The predicted octanol–water partition coefficient (Wildman–Crippen LogP) is 1.20. The average molecular weight is 250 g/mol. The minimum atomic E-state index is 0.453. The minimum absolute atomic E-state index is 0.453. The van der Waals surface area contributed by atoms with Crippen molar-refractivity contribution in [3.8, 4) is 5.88 Å². The summed E-state index contributed by atoms with van der Waals surface area (Å²) in [4.78, 5) is 9.16. The maximum absolute atomic E-state index is 5.85. The molecule has 0 radical (unpaired) electrons. The Labute approximate surface area is 109 Å². The fourth-order valence-corrected chi connectivity index (χ4v) is 2.33. The molecule has 1 saturated heterocycles. The van der Waals surface area contributed by atoms with Crippen LogP contribution in [0.5, 0.6) is 5.88 Å². The van der Waals surface area contributed by atoms with E-state index in [0.717, 1.165) is 25.5 Å². The van der Waals surface area contributed by atoms with Crippen LogP contribution in [0.25, 0.3) is 0 Å². The summed E-state index contributed by atoms with van der Waals surface area (Å²) in [5.74, 6) is 1.49. The fraction of sp³-hybridized carbons (Fsp3) is 0.615. The number of piperazine rings is 1. The van der Waals surface area contributed by atoms with Crippen molar-refractivity contribution in [1.82, 2.24) is 9.88 Å². The van der Waals surface area contributed by atoms with E-state index >= 15 is 0 Å². The summed E-state index contributed by atoms with van der Waals surface area (Å²) in [6.45, 7) is 7.83. The Morgan fingerprint density at radius 2 is 2.22 bits per heavy atom. The maximum atomic E-state index is 5.85. The lowest BCUT2D eigenvalue weighted by molar-refractivity contribution is 0.273. The van der Waals surface area contributed by atoms with Crippen LogP contribution in [0.3, 0.4) is 0 Å². The summed E-state index contributed by atoms with van der Waals surface area (Å²) < 4.78 is 5.45. The zero-order valence-corrected chi connectivity index (χ0v) is 11.4. The van der Waals surface area contributed by atoms with Crippen LogP contribution >= 0.6 is 0 Å². The zero-order valence-electron chi connectivity index (χ0n) is 11.4. The van der Waals surface area contributed by atoms with E-state index in [9.17, 15) is 0 Å². The predicted molar refractivity (Wildman–Crippen MR) is 74.1 cm³/mol. The van der Waals surface area contributed by atoms with Gasteiger partial charge in [-0.15, -0.1) is 0 Å². The molecule has 1 fully saturated rings. The van der Waals surface area contributed by atoms with Gasteiger partial charge in [-0.1, -0.05) is 0 Å². The van der Waals surface area contributed by atoms with Crippen molar-refractivity contribution in [1.29, 1.82) is 0 Å². The molecule has 100 valence electrons. The van der Waals surface area contributed by atoms with E-state index in [0.29, 0.717) is 24.2 Å². The number of likely N-dealkylation sites (N-methyl/N-ethyl adjacent to an activating group) is 1. The van der Waals surface area contributed by atoms with Gasteiger partial charge >= 0.3 is 0 Å². The number of pyridine rings is 1. The Hall–Kier alpha value is -1.49. The monoisotopic (exact) mass is 250 g/mol. The van der Waals surface area contributed by atoms with Crippen LogP contribution in [-0.2, 0) is 0 Å². The van der Waals surface area contributed by atoms with E-state index in [1.807, 2.05) is 19.1 Å².